The zero-order valence-corrected chi connectivity index (χ0v) is 14.4. The molecule has 2 N–H and O–H groups in total. The van der Waals surface area contributed by atoms with E-state index in [2.05, 4.69) is 0 Å². The van der Waals surface area contributed by atoms with Crippen molar-refractivity contribution in [2.75, 3.05) is 7.05 Å². The molecule has 26 heavy (non-hydrogen) atoms. The number of nitriles is 1. The molecule has 2 bridgehead atoms. The number of hydrogen-bond donors (Lipinski definition) is 2. The van der Waals surface area contributed by atoms with Crippen LogP contribution in [0.5, 0.6) is 5.75 Å². The Morgan fingerprint density at radius 2 is 2.04 bits per heavy atom. The fourth-order valence-electron chi connectivity index (χ4n) is 4.25. The number of ether oxygens (including phenoxy) is 1. The first kappa shape index (κ1) is 18.0. The summed E-state index contributed by atoms with van der Waals surface area (Å²) >= 11 is 0. The summed E-state index contributed by atoms with van der Waals surface area (Å²) in [6, 6.07) is 8.97. The first-order chi connectivity index (χ1) is 12.4. The van der Waals surface area contributed by atoms with Gasteiger partial charge in [0, 0.05) is 18.5 Å². The molecule has 0 radical (unpaired) electrons. The summed E-state index contributed by atoms with van der Waals surface area (Å²) in [6.07, 6.45) is 3.14. The molecule has 2 heterocycles. The SMILES string of the molecule is CN1C2CCC1(/C(=C\C(=O)O)C(=O)O)CC(Oc1ccc(C#N)cc1)C2. The molecule has 7 heteroatoms. The van der Waals surface area contributed by atoms with E-state index in [0.717, 1.165) is 18.9 Å². The van der Waals surface area contributed by atoms with Crippen LogP contribution in [0, 0.1) is 11.3 Å². The Bertz CT molecular complexity index is 795. The summed E-state index contributed by atoms with van der Waals surface area (Å²) in [5, 5.41) is 27.6. The predicted octanol–water partition coefficient (Wildman–Crippen LogP) is 2.03. The Kier molecular flexibility index (Phi) is 4.70. The Hall–Kier alpha value is -2.85. The molecule has 0 aromatic heterocycles. The topological polar surface area (TPSA) is 111 Å². The third kappa shape index (κ3) is 3.16. The smallest absolute Gasteiger partial charge is 0.333 e. The van der Waals surface area contributed by atoms with E-state index < -0.39 is 17.5 Å². The number of hydrogen-bond acceptors (Lipinski definition) is 5. The molecule has 1 aromatic rings. The van der Waals surface area contributed by atoms with Gasteiger partial charge in [-0.15, -0.1) is 0 Å². The predicted molar refractivity (Wildman–Crippen MR) is 91.7 cm³/mol. The summed E-state index contributed by atoms with van der Waals surface area (Å²) in [4.78, 5) is 24.9. The molecule has 1 aromatic carbocycles. The van der Waals surface area contributed by atoms with Crippen LogP contribution in [0.2, 0.25) is 0 Å². The standard InChI is InChI=1S/C19H20N2O5/c1-21-13-6-7-19(21,16(18(24)25)9-17(22)23)10-15(8-13)26-14-4-2-12(11-20)3-5-14/h2-5,9,13,15H,6-8,10H2,1H3,(H,22,23)(H,24,25)/b16-9-. The van der Waals surface area contributed by atoms with E-state index in [1.54, 1.807) is 24.3 Å². The van der Waals surface area contributed by atoms with Gasteiger partial charge in [0.25, 0.3) is 0 Å². The highest BCUT2D eigenvalue weighted by Crippen LogP contribution is 2.48. The zero-order valence-electron chi connectivity index (χ0n) is 14.4. The molecule has 2 saturated heterocycles. The van der Waals surface area contributed by atoms with Crippen LogP contribution in [-0.4, -0.2) is 51.8 Å². The van der Waals surface area contributed by atoms with Crippen molar-refractivity contribution in [2.24, 2.45) is 0 Å². The van der Waals surface area contributed by atoms with E-state index >= 15 is 0 Å². The van der Waals surface area contributed by atoms with Crippen LogP contribution >= 0.6 is 0 Å². The van der Waals surface area contributed by atoms with Gasteiger partial charge in [-0.2, -0.15) is 5.26 Å². The number of carboxylic acids is 2. The number of carbonyl (C=O) groups is 2. The van der Waals surface area contributed by atoms with Crippen LogP contribution in [0.3, 0.4) is 0 Å². The van der Waals surface area contributed by atoms with Gasteiger partial charge in [-0.05, 0) is 50.6 Å². The third-order valence-electron chi connectivity index (χ3n) is 5.50. The van der Waals surface area contributed by atoms with E-state index in [1.807, 2.05) is 18.0 Å². The first-order valence-corrected chi connectivity index (χ1v) is 8.44. The number of carboxylic acid groups (broad SMARTS) is 2. The number of likely N-dealkylation sites (N-methyl/N-ethyl adjacent to an activating group) is 1. The van der Waals surface area contributed by atoms with Gasteiger partial charge in [0.1, 0.15) is 11.9 Å². The molecule has 3 rings (SSSR count). The minimum Gasteiger partial charge on any atom is -0.490 e. The third-order valence-corrected chi connectivity index (χ3v) is 5.50. The Morgan fingerprint density at radius 3 is 2.62 bits per heavy atom. The lowest BCUT2D eigenvalue weighted by atomic mass is 9.80. The minimum atomic E-state index is -1.26. The number of piperidine rings is 1. The van der Waals surface area contributed by atoms with Crippen molar-refractivity contribution in [2.45, 2.75) is 43.4 Å². The Labute approximate surface area is 151 Å². The van der Waals surface area contributed by atoms with E-state index in [0.29, 0.717) is 24.2 Å². The summed E-state index contributed by atoms with van der Waals surface area (Å²) in [5.74, 6) is -1.85. The van der Waals surface area contributed by atoms with Crippen molar-refractivity contribution >= 4 is 11.9 Å². The molecule has 2 fully saturated rings. The lowest BCUT2D eigenvalue weighted by molar-refractivity contribution is -0.137. The first-order valence-electron chi connectivity index (χ1n) is 8.44. The second kappa shape index (κ2) is 6.81. The zero-order chi connectivity index (χ0) is 18.9. The maximum Gasteiger partial charge on any atom is 0.333 e. The van der Waals surface area contributed by atoms with Crippen molar-refractivity contribution in [3.63, 3.8) is 0 Å². The number of fused-ring (bicyclic) bond motifs is 2. The number of benzene rings is 1. The molecule has 0 aliphatic carbocycles. The summed E-state index contributed by atoms with van der Waals surface area (Å²) in [7, 11) is 1.86. The Morgan fingerprint density at radius 1 is 1.35 bits per heavy atom. The van der Waals surface area contributed by atoms with Crippen LogP contribution in [0.1, 0.15) is 31.2 Å². The average Bonchev–Trinajstić information content (AvgIpc) is 2.79. The highest BCUT2D eigenvalue weighted by molar-refractivity contribution is 5.96. The van der Waals surface area contributed by atoms with Crippen molar-refractivity contribution < 1.29 is 24.5 Å². The van der Waals surface area contributed by atoms with Crippen molar-refractivity contribution in [1.29, 1.82) is 5.26 Å². The highest BCUT2D eigenvalue weighted by atomic mass is 16.5. The van der Waals surface area contributed by atoms with Crippen LogP contribution in [-0.2, 0) is 9.59 Å². The lowest BCUT2D eigenvalue weighted by Gasteiger charge is -2.45. The van der Waals surface area contributed by atoms with E-state index in [-0.39, 0.29) is 17.7 Å². The van der Waals surface area contributed by atoms with Gasteiger partial charge in [-0.25, -0.2) is 9.59 Å². The van der Waals surface area contributed by atoms with Crippen molar-refractivity contribution in [3.05, 3.63) is 41.5 Å². The molecular formula is C19H20N2O5. The summed E-state index contributed by atoms with van der Waals surface area (Å²) in [6.45, 7) is 0. The molecule has 2 aliphatic rings. The van der Waals surface area contributed by atoms with Crippen LogP contribution in [0.15, 0.2) is 35.9 Å². The van der Waals surface area contributed by atoms with Crippen LogP contribution < -0.4 is 4.74 Å². The van der Waals surface area contributed by atoms with Crippen molar-refractivity contribution in [3.8, 4) is 11.8 Å². The van der Waals surface area contributed by atoms with E-state index in [1.165, 1.54) is 0 Å². The van der Waals surface area contributed by atoms with Crippen molar-refractivity contribution in [1.82, 2.24) is 4.90 Å². The molecular weight excluding hydrogens is 336 g/mol. The lowest BCUT2D eigenvalue weighted by Crippen LogP contribution is -2.55. The maximum absolute atomic E-state index is 11.8. The van der Waals surface area contributed by atoms with Gasteiger partial charge >= 0.3 is 11.9 Å². The fraction of sp³-hybridized carbons (Fsp3) is 0.421. The van der Waals surface area contributed by atoms with Crippen LogP contribution in [0.4, 0.5) is 0 Å². The van der Waals surface area contributed by atoms with Crippen LogP contribution in [0.25, 0.3) is 0 Å². The van der Waals surface area contributed by atoms with E-state index in [4.69, 9.17) is 15.1 Å². The fourth-order valence-corrected chi connectivity index (χ4v) is 4.25. The second-order valence-corrected chi connectivity index (χ2v) is 6.85. The highest BCUT2D eigenvalue weighted by Gasteiger charge is 2.54. The molecule has 136 valence electrons. The summed E-state index contributed by atoms with van der Waals surface area (Å²) in [5.41, 5.74) is -0.400. The molecule has 2 aliphatic heterocycles. The molecule has 0 saturated carbocycles. The molecule has 3 atom stereocenters. The number of aliphatic carboxylic acids is 2. The quantitative estimate of drug-likeness (QED) is 0.777. The van der Waals surface area contributed by atoms with E-state index in [9.17, 15) is 14.7 Å². The van der Waals surface area contributed by atoms with Gasteiger partial charge in [-0.3, -0.25) is 4.90 Å². The van der Waals surface area contributed by atoms with Gasteiger partial charge in [0.05, 0.1) is 22.7 Å². The molecule has 0 spiro atoms. The number of nitrogens with zero attached hydrogens (tertiary/aromatic N) is 2. The van der Waals surface area contributed by atoms with Gasteiger partial charge in [-0.1, -0.05) is 0 Å². The molecule has 7 nitrogen and oxygen atoms in total. The largest absolute Gasteiger partial charge is 0.490 e. The Balaban J connectivity index is 1.87. The molecule has 0 amide bonds. The normalized spacial score (nSPS) is 28.4. The average molecular weight is 356 g/mol. The maximum atomic E-state index is 11.8. The number of rotatable bonds is 5. The monoisotopic (exact) mass is 356 g/mol. The van der Waals surface area contributed by atoms with Gasteiger partial charge in [0.15, 0.2) is 0 Å². The second-order valence-electron chi connectivity index (χ2n) is 6.85. The molecule has 3 unspecified atom stereocenters. The van der Waals surface area contributed by atoms with Gasteiger partial charge in [0.2, 0.25) is 0 Å². The summed E-state index contributed by atoms with van der Waals surface area (Å²) < 4.78 is 6.04. The van der Waals surface area contributed by atoms with Gasteiger partial charge < -0.3 is 14.9 Å². The minimum absolute atomic E-state index is 0.0943.